The number of aliphatic hydroxyl groups excluding tert-OH is 1. The first kappa shape index (κ1) is 17.2. The minimum Gasteiger partial charge on any atom is -0.496 e. The molecule has 5 nitrogen and oxygen atoms in total. The molecule has 0 aromatic heterocycles. The summed E-state index contributed by atoms with van der Waals surface area (Å²) < 4.78 is 16.6. The predicted molar refractivity (Wildman–Crippen MR) is 85.1 cm³/mol. The summed E-state index contributed by atoms with van der Waals surface area (Å²) in [6.45, 7) is 7.21. The zero-order chi connectivity index (χ0) is 15.9. The number of hydrogen-bond donors (Lipinski definition) is 1. The van der Waals surface area contributed by atoms with Crippen molar-refractivity contribution in [2.45, 2.75) is 38.8 Å². The molecule has 0 aliphatic carbocycles. The van der Waals surface area contributed by atoms with Gasteiger partial charge in [0.25, 0.3) is 0 Å². The van der Waals surface area contributed by atoms with Gasteiger partial charge < -0.3 is 19.3 Å². The van der Waals surface area contributed by atoms with Crippen LogP contribution in [0.3, 0.4) is 0 Å². The molecule has 1 aliphatic heterocycles. The summed E-state index contributed by atoms with van der Waals surface area (Å²) in [4.78, 5) is 2.23. The van der Waals surface area contributed by atoms with E-state index in [4.69, 9.17) is 14.2 Å². The molecule has 1 N–H and O–H groups in total. The Bertz CT molecular complexity index is 444. The molecule has 1 aromatic carbocycles. The van der Waals surface area contributed by atoms with E-state index in [1.807, 2.05) is 24.3 Å². The minimum atomic E-state index is -0.493. The van der Waals surface area contributed by atoms with Gasteiger partial charge in [-0.05, 0) is 19.9 Å². The molecular formula is C17H27NO4. The third-order valence-electron chi connectivity index (χ3n) is 3.72. The van der Waals surface area contributed by atoms with Gasteiger partial charge in [-0.3, -0.25) is 4.90 Å². The van der Waals surface area contributed by atoms with Crippen LogP contribution in [0.15, 0.2) is 24.3 Å². The SMILES string of the molecule is COc1ccccc1COC[C@@H](O)CN1C[C@@H](C)O[C@@H](C)C1. The van der Waals surface area contributed by atoms with Crippen molar-refractivity contribution in [3.05, 3.63) is 29.8 Å². The van der Waals surface area contributed by atoms with Crippen molar-refractivity contribution in [3.8, 4) is 5.75 Å². The standard InChI is InChI=1S/C17H27NO4/c1-13-8-18(9-14(2)22-13)10-16(19)12-21-11-15-6-4-5-7-17(15)20-3/h4-7,13-14,16,19H,8-12H2,1-3H3/t13-,14+,16-/m0/s1. The summed E-state index contributed by atoms with van der Waals surface area (Å²) in [5.74, 6) is 0.813. The average Bonchev–Trinajstić information content (AvgIpc) is 2.46. The van der Waals surface area contributed by atoms with E-state index < -0.39 is 6.10 Å². The quantitative estimate of drug-likeness (QED) is 0.830. The lowest BCUT2D eigenvalue weighted by Crippen LogP contribution is -2.48. The van der Waals surface area contributed by atoms with Crippen LogP contribution in [0.2, 0.25) is 0 Å². The zero-order valence-electron chi connectivity index (χ0n) is 13.7. The van der Waals surface area contributed by atoms with Crippen LogP contribution in [-0.2, 0) is 16.1 Å². The molecule has 0 saturated carbocycles. The van der Waals surface area contributed by atoms with E-state index >= 15 is 0 Å². The van der Waals surface area contributed by atoms with Crippen LogP contribution in [0.25, 0.3) is 0 Å². The molecular weight excluding hydrogens is 282 g/mol. The highest BCUT2D eigenvalue weighted by atomic mass is 16.5. The third kappa shape index (κ3) is 5.25. The number of β-amino-alcohol motifs (C(OH)–C–C–N with tert-alkyl or cyclic N) is 1. The highest BCUT2D eigenvalue weighted by molar-refractivity contribution is 5.32. The summed E-state index contributed by atoms with van der Waals surface area (Å²) in [5.41, 5.74) is 0.991. The van der Waals surface area contributed by atoms with Crippen molar-refractivity contribution in [2.24, 2.45) is 0 Å². The monoisotopic (exact) mass is 309 g/mol. The third-order valence-corrected chi connectivity index (χ3v) is 3.72. The highest BCUT2D eigenvalue weighted by Gasteiger charge is 2.23. The second-order valence-corrected chi connectivity index (χ2v) is 5.96. The van der Waals surface area contributed by atoms with Crippen molar-refractivity contribution in [1.29, 1.82) is 0 Å². The summed E-state index contributed by atoms with van der Waals surface area (Å²) in [6, 6.07) is 7.76. The fourth-order valence-corrected chi connectivity index (χ4v) is 2.91. The molecule has 0 radical (unpaired) electrons. The van der Waals surface area contributed by atoms with E-state index in [0.717, 1.165) is 24.4 Å². The van der Waals surface area contributed by atoms with Crippen LogP contribution < -0.4 is 4.74 Å². The number of nitrogens with zero attached hydrogens (tertiary/aromatic N) is 1. The number of aliphatic hydroxyl groups is 1. The molecule has 1 saturated heterocycles. The Kier molecular flexibility index (Phi) is 6.64. The number of rotatable bonds is 7. The minimum absolute atomic E-state index is 0.213. The van der Waals surface area contributed by atoms with Crippen LogP contribution in [0.1, 0.15) is 19.4 Å². The lowest BCUT2D eigenvalue weighted by molar-refractivity contribution is -0.0826. The van der Waals surface area contributed by atoms with Gasteiger partial charge in [-0.25, -0.2) is 0 Å². The van der Waals surface area contributed by atoms with E-state index in [0.29, 0.717) is 19.8 Å². The number of morpholine rings is 1. The van der Waals surface area contributed by atoms with Crippen molar-refractivity contribution in [3.63, 3.8) is 0 Å². The summed E-state index contributed by atoms with van der Waals surface area (Å²) in [7, 11) is 1.65. The molecule has 1 fully saturated rings. The Morgan fingerprint density at radius 1 is 1.27 bits per heavy atom. The van der Waals surface area contributed by atoms with E-state index in [9.17, 15) is 5.11 Å². The van der Waals surface area contributed by atoms with Gasteiger partial charge in [-0.15, -0.1) is 0 Å². The maximum absolute atomic E-state index is 10.1. The normalized spacial score (nSPS) is 24.2. The molecule has 0 spiro atoms. The van der Waals surface area contributed by atoms with Crippen LogP contribution in [-0.4, -0.2) is 61.7 Å². The van der Waals surface area contributed by atoms with E-state index in [1.54, 1.807) is 7.11 Å². The predicted octanol–water partition coefficient (Wildman–Crippen LogP) is 1.68. The van der Waals surface area contributed by atoms with Gasteiger partial charge in [0.05, 0.1) is 38.6 Å². The Morgan fingerprint density at radius 3 is 2.64 bits per heavy atom. The Morgan fingerprint density at radius 2 is 1.95 bits per heavy atom. The second kappa shape index (κ2) is 8.48. The first-order chi connectivity index (χ1) is 10.6. The number of ether oxygens (including phenoxy) is 3. The van der Waals surface area contributed by atoms with E-state index in [-0.39, 0.29) is 12.2 Å². The molecule has 3 atom stereocenters. The molecule has 0 unspecified atom stereocenters. The average molecular weight is 309 g/mol. The van der Waals surface area contributed by atoms with Crippen molar-refractivity contribution in [1.82, 2.24) is 4.90 Å². The van der Waals surface area contributed by atoms with Crippen molar-refractivity contribution in [2.75, 3.05) is 33.4 Å². The molecule has 22 heavy (non-hydrogen) atoms. The molecule has 124 valence electrons. The van der Waals surface area contributed by atoms with E-state index in [1.165, 1.54) is 0 Å². The fourth-order valence-electron chi connectivity index (χ4n) is 2.91. The topological polar surface area (TPSA) is 51.2 Å². The molecule has 2 rings (SSSR count). The molecule has 0 bridgehead atoms. The lowest BCUT2D eigenvalue weighted by atomic mass is 10.2. The first-order valence-corrected chi connectivity index (χ1v) is 7.84. The number of para-hydroxylation sites is 1. The Hall–Kier alpha value is -1.14. The van der Waals surface area contributed by atoms with E-state index in [2.05, 4.69) is 18.7 Å². The maximum atomic E-state index is 10.1. The summed E-state index contributed by atoms with van der Waals surface area (Å²) >= 11 is 0. The molecule has 0 amide bonds. The first-order valence-electron chi connectivity index (χ1n) is 7.84. The van der Waals surface area contributed by atoms with Crippen molar-refractivity contribution < 1.29 is 19.3 Å². The van der Waals surface area contributed by atoms with Gasteiger partial charge in [0.2, 0.25) is 0 Å². The molecule has 1 heterocycles. The van der Waals surface area contributed by atoms with Gasteiger partial charge in [-0.1, -0.05) is 18.2 Å². The number of benzene rings is 1. The summed E-state index contributed by atoms with van der Waals surface area (Å²) in [6.07, 6.45) is -0.0666. The molecule has 5 heteroatoms. The Labute approximate surface area is 132 Å². The van der Waals surface area contributed by atoms with Gasteiger partial charge in [0, 0.05) is 25.2 Å². The van der Waals surface area contributed by atoms with Gasteiger partial charge >= 0.3 is 0 Å². The number of hydrogen-bond acceptors (Lipinski definition) is 5. The fraction of sp³-hybridized carbons (Fsp3) is 0.647. The van der Waals surface area contributed by atoms with Crippen molar-refractivity contribution >= 4 is 0 Å². The lowest BCUT2D eigenvalue weighted by Gasteiger charge is -2.36. The van der Waals surface area contributed by atoms with Crippen LogP contribution >= 0.6 is 0 Å². The van der Waals surface area contributed by atoms with Crippen LogP contribution in [0.4, 0.5) is 0 Å². The Balaban J connectivity index is 1.72. The van der Waals surface area contributed by atoms with Crippen LogP contribution in [0, 0.1) is 0 Å². The van der Waals surface area contributed by atoms with Gasteiger partial charge in [0.1, 0.15) is 5.75 Å². The largest absolute Gasteiger partial charge is 0.496 e. The zero-order valence-corrected chi connectivity index (χ0v) is 13.7. The molecule has 1 aliphatic rings. The van der Waals surface area contributed by atoms with Crippen LogP contribution in [0.5, 0.6) is 5.75 Å². The highest BCUT2D eigenvalue weighted by Crippen LogP contribution is 2.18. The second-order valence-electron chi connectivity index (χ2n) is 5.96. The smallest absolute Gasteiger partial charge is 0.124 e. The van der Waals surface area contributed by atoms with Gasteiger partial charge in [0.15, 0.2) is 0 Å². The van der Waals surface area contributed by atoms with Gasteiger partial charge in [-0.2, -0.15) is 0 Å². The number of methoxy groups -OCH3 is 1. The summed E-state index contributed by atoms with van der Waals surface area (Å²) in [5, 5.41) is 10.1. The molecule has 1 aromatic rings. The maximum Gasteiger partial charge on any atom is 0.124 e.